The molecular formula is C20H20F2N8. The molecule has 0 saturated carbocycles. The van der Waals surface area contributed by atoms with Crippen molar-refractivity contribution in [3.05, 3.63) is 59.7 Å². The quantitative estimate of drug-likeness (QED) is 0.436. The van der Waals surface area contributed by atoms with Gasteiger partial charge in [-0.15, -0.1) is 10.2 Å². The van der Waals surface area contributed by atoms with Gasteiger partial charge in [-0.2, -0.15) is 10.1 Å². The van der Waals surface area contributed by atoms with Crippen molar-refractivity contribution in [3.8, 4) is 11.3 Å². The van der Waals surface area contributed by atoms with Crippen LogP contribution in [0, 0.1) is 5.82 Å². The predicted molar refractivity (Wildman–Crippen MR) is 111 cm³/mol. The van der Waals surface area contributed by atoms with Crippen LogP contribution in [0.3, 0.4) is 0 Å². The summed E-state index contributed by atoms with van der Waals surface area (Å²) in [5, 5.41) is 17.8. The van der Waals surface area contributed by atoms with Gasteiger partial charge in [0, 0.05) is 23.3 Å². The summed E-state index contributed by atoms with van der Waals surface area (Å²) in [5.74, 6) is -0.00440. The number of H-pyrrole nitrogens is 1. The largest absolute Gasteiger partial charge is 0.292 e. The second-order valence-corrected chi connectivity index (χ2v) is 6.58. The van der Waals surface area contributed by atoms with Crippen LogP contribution in [0.1, 0.15) is 38.2 Å². The van der Waals surface area contributed by atoms with Gasteiger partial charge in [0.1, 0.15) is 23.0 Å². The molecule has 0 saturated heterocycles. The van der Waals surface area contributed by atoms with Gasteiger partial charge in [-0.1, -0.05) is 26.0 Å². The number of rotatable bonds is 7. The highest BCUT2D eigenvalue weighted by molar-refractivity contribution is 5.82. The summed E-state index contributed by atoms with van der Waals surface area (Å²) in [6.07, 6.45) is 2.68. The Morgan fingerprint density at radius 3 is 2.63 bits per heavy atom. The molecule has 3 rings (SSSR count). The Hall–Kier alpha value is -3.82. The molecule has 2 N–H and O–H groups in total. The maximum Gasteiger partial charge on any atom is 0.250 e. The summed E-state index contributed by atoms with van der Waals surface area (Å²) >= 11 is 0. The summed E-state index contributed by atoms with van der Waals surface area (Å²) in [4.78, 5) is 12.3. The monoisotopic (exact) mass is 410 g/mol. The third kappa shape index (κ3) is 4.59. The van der Waals surface area contributed by atoms with Crippen LogP contribution in [0.25, 0.3) is 16.8 Å². The molecule has 154 valence electrons. The van der Waals surface area contributed by atoms with Crippen molar-refractivity contribution in [3.63, 3.8) is 0 Å². The standard InChI is InChI=1S/C20H20F2N8/c1-11(2)18-25-20(30-28-18)26-19-24-16(14-7-5-6-8-15(14)22)17(27-29-19)13(12(3)21)9-10-23-4/h5-11H,4H2,1-3H3,(H2,24,25,26,28,29,30)/b10-9-,13-12-. The molecule has 0 aliphatic heterocycles. The van der Waals surface area contributed by atoms with Gasteiger partial charge in [-0.3, -0.25) is 10.3 Å². The van der Waals surface area contributed by atoms with Crippen LogP contribution in [0.5, 0.6) is 0 Å². The number of anilines is 2. The summed E-state index contributed by atoms with van der Waals surface area (Å²) < 4.78 is 28.8. The maximum atomic E-state index is 14.5. The molecule has 30 heavy (non-hydrogen) atoms. The van der Waals surface area contributed by atoms with Crippen molar-refractivity contribution in [1.82, 2.24) is 30.4 Å². The predicted octanol–water partition coefficient (Wildman–Crippen LogP) is 4.58. The average Bonchev–Trinajstić information content (AvgIpc) is 3.18. The van der Waals surface area contributed by atoms with E-state index in [1.807, 2.05) is 13.8 Å². The highest BCUT2D eigenvalue weighted by Crippen LogP contribution is 2.31. The molecule has 0 unspecified atom stereocenters. The highest BCUT2D eigenvalue weighted by atomic mass is 19.1. The Kier molecular flexibility index (Phi) is 6.35. The molecule has 0 amide bonds. The third-order valence-corrected chi connectivity index (χ3v) is 4.04. The summed E-state index contributed by atoms with van der Waals surface area (Å²) in [6, 6.07) is 6.01. The van der Waals surface area contributed by atoms with Gasteiger partial charge in [-0.05, 0) is 31.9 Å². The molecule has 0 aliphatic rings. The lowest BCUT2D eigenvalue weighted by molar-refractivity contribution is 0.630. The Morgan fingerprint density at radius 1 is 1.23 bits per heavy atom. The number of benzene rings is 1. The summed E-state index contributed by atoms with van der Waals surface area (Å²) in [5.41, 5.74) is 0.375. The maximum absolute atomic E-state index is 14.5. The number of halogens is 2. The number of allylic oxidation sites excluding steroid dienone is 3. The number of aromatic nitrogens is 6. The SMILES string of the molecule is C=N/C=C\C(=C(/C)F)c1nnc(Nc2nc(C(C)C)n[nH]2)nc1-c1ccccc1F. The van der Waals surface area contributed by atoms with Crippen molar-refractivity contribution in [2.45, 2.75) is 26.7 Å². The average molecular weight is 410 g/mol. The van der Waals surface area contributed by atoms with E-state index in [1.165, 1.54) is 31.3 Å². The van der Waals surface area contributed by atoms with Crippen LogP contribution in [-0.2, 0) is 0 Å². The van der Waals surface area contributed by atoms with Crippen molar-refractivity contribution in [2.75, 3.05) is 5.32 Å². The van der Waals surface area contributed by atoms with Crippen molar-refractivity contribution < 1.29 is 8.78 Å². The van der Waals surface area contributed by atoms with Crippen LogP contribution in [0.4, 0.5) is 20.7 Å². The molecule has 10 heteroatoms. The zero-order valence-electron chi connectivity index (χ0n) is 16.7. The van der Waals surface area contributed by atoms with Crippen molar-refractivity contribution in [2.24, 2.45) is 4.99 Å². The van der Waals surface area contributed by atoms with E-state index in [1.54, 1.807) is 12.1 Å². The van der Waals surface area contributed by atoms with Crippen LogP contribution >= 0.6 is 0 Å². The zero-order valence-corrected chi connectivity index (χ0v) is 16.7. The van der Waals surface area contributed by atoms with Gasteiger partial charge in [0.2, 0.25) is 11.9 Å². The Balaban J connectivity index is 2.12. The Morgan fingerprint density at radius 2 is 2.00 bits per heavy atom. The lowest BCUT2D eigenvalue weighted by Crippen LogP contribution is -2.07. The number of nitrogens with zero attached hydrogens (tertiary/aromatic N) is 6. The fourth-order valence-electron chi connectivity index (χ4n) is 2.58. The van der Waals surface area contributed by atoms with E-state index in [0.29, 0.717) is 11.8 Å². The van der Waals surface area contributed by atoms with E-state index in [0.717, 1.165) is 0 Å². The minimum atomic E-state index is -0.555. The molecule has 1 aromatic carbocycles. The van der Waals surface area contributed by atoms with E-state index >= 15 is 0 Å². The molecule has 3 aromatic rings. The van der Waals surface area contributed by atoms with Gasteiger partial charge in [0.15, 0.2) is 5.82 Å². The van der Waals surface area contributed by atoms with Gasteiger partial charge >= 0.3 is 0 Å². The van der Waals surface area contributed by atoms with E-state index in [2.05, 4.69) is 47.4 Å². The fraction of sp³-hybridized carbons (Fsp3) is 0.200. The van der Waals surface area contributed by atoms with Gasteiger partial charge < -0.3 is 0 Å². The van der Waals surface area contributed by atoms with Crippen molar-refractivity contribution in [1.29, 1.82) is 0 Å². The van der Waals surface area contributed by atoms with Gasteiger partial charge in [0.25, 0.3) is 0 Å². The second-order valence-electron chi connectivity index (χ2n) is 6.58. The molecule has 2 heterocycles. The van der Waals surface area contributed by atoms with Crippen LogP contribution in [-0.4, -0.2) is 37.1 Å². The summed E-state index contributed by atoms with van der Waals surface area (Å²) in [6.45, 7) is 8.50. The topological polar surface area (TPSA) is 105 Å². The number of nitrogens with one attached hydrogen (secondary N) is 2. The molecule has 8 nitrogen and oxygen atoms in total. The van der Waals surface area contributed by atoms with Gasteiger partial charge in [0.05, 0.1) is 0 Å². The lowest BCUT2D eigenvalue weighted by Gasteiger charge is -2.11. The normalized spacial score (nSPS) is 12.3. The van der Waals surface area contributed by atoms with Crippen LogP contribution in [0.2, 0.25) is 0 Å². The van der Waals surface area contributed by atoms with Gasteiger partial charge in [-0.25, -0.2) is 18.9 Å². The fourth-order valence-corrected chi connectivity index (χ4v) is 2.58. The highest BCUT2D eigenvalue weighted by Gasteiger charge is 2.19. The third-order valence-electron chi connectivity index (χ3n) is 4.04. The Labute approximate surface area is 171 Å². The Bertz CT molecular complexity index is 1110. The number of aliphatic imine (C=N–C) groups is 1. The molecule has 0 radical (unpaired) electrons. The molecule has 0 aliphatic carbocycles. The first-order chi connectivity index (χ1) is 14.4. The molecule has 0 spiro atoms. The van der Waals surface area contributed by atoms with Crippen LogP contribution in [0.15, 0.2) is 47.4 Å². The lowest BCUT2D eigenvalue weighted by atomic mass is 10.0. The minimum Gasteiger partial charge on any atom is -0.292 e. The van der Waals surface area contributed by atoms with E-state index in [4.69, 9.17) is 0 Å². The first-order valence-corrected chi connectivity index (χ1v) is 9.08. The molecule has 0 fully saturated rings. The molecule has 2 aromatic heterocycles. The molecule has 0 bridgehead atoms. The molecular weight excluding hydrogens is 390 g/mol. The van der Waals surface area contributed by atoms with E-state index in [-0.39, 0.29) is 34.4 Å². The zero-order chi connectivity index (χ0) is 21.7. The summed E-state index contributed by atoms with van der Waals surface area (Å²) in [7, 11) is 0. The second kappa shape index (κ2) is 9.12. The molecule has 0 atom stereocenters. The first-order valence-electron chi connectivity index (χ1n) is 9.08. The van der Waals surface area contributed by atoms with Crippen LogP contribution < -0.4 is 5.32 Å². The number of hydrogen-bond acceptors (Lipinski definition) is 7. The van der Waals surface area contributed by atoms with Crippen molar-refractivity contribution >= 4 is 24.2 Å². The van der Waals surface area contributed by atoms with E-state index in [9.17, 15) is 8.78 Å². The smallest absolute Gasteiger partial charge is 0.250 e. The minimum absolute atomic E-state index is 0.0464. The first kappa shape index (κ1) is 20.9. The van der Waals surface area contributed by atoms with E-state index < -0.39 is 11.6 Å². The number of aromatic amines is 1. The number of hydrogen-bond donors (Lipinski definition) is 2.